The molecule has 22 heavy (non-hydrogen) atoms. The number of benzene rings is 2. The number of carbonyl (C=O) groups is 1. The van der Waals surface area contributed by atoms with Crippen LogP contribution in [-0.2, 0) is 0 Å². The Morgan fingerprint density at radius 3 is 2.50 bits per heavy atom. The maximum atomic E-state index is 12.5. The van der Waals surface area contributed by atoms with Crippen molar-refractivity contribution < 1.29 is 23.1 Å². The number of hydrogen-bond acceptors (Lipinski definition) is 2. The van der Waals surface area contributed by atoms with E-state index in [2.05, 4.69) is 5.32 Å². The summed E-state index contributed by atoms with van der Waals surface area (Å²) in [7, 11) is 0. The summed E-state index contributed by atoms with van der Waals surface area (Å²) in [4.78, 5) is 12.6. The summed E-state index contributed by atoms with van der Waals surface area (Å²) in [5.41, 5.74) is 0.424. The van der Waals surface area contributed by atoms with E-state index in [4.69, 9.17) is 5.11 Å². The number of anilines is 1. The molecule has 0 saturated heterocycles. The second-order valence-electron chi connectivity index (χ2n) is 4.72. The van der Waals surface area contributed by atoms with Gasteiger partial charge in [-0.2, -0.15) is 13.2 Å². The van der Waals surface area contributed by atoms with Crippen molar-refractivity contribution in [3.05, 3.63) is 42.5 Å². The Bertz CT molecular complexity index is 653. The Labute approximate surface area is 125 Å². The summed E-state index contributed by atoms with van der Waals surface area (Å²) in [6.45, 7) is -2.35. The maximum absolute atomic E-state index is 12.5. The van der Waals surface area contributed by atoms with Crippen molar-refractivity contribution in [3.8, 4) is 0 Å². The van der Waals surface area contributed by atoms with Crippen LogP contribution in [0.25, 0.3) is 10.8 Å². The number of carbonyl (C=O) groups excluding carboxylic acids is 1. The summed E-state index contributed by atoms with van der Waals surface area (Å²) in [6.07, 6.45) is -4.52. The van der Waals surface area contributed by atoms with Gasteiger partial charge in [0, 0.05) is 11.9 Å². The van der Waals surface area contributed by atoms with E-state index in [1.165, 1.54) is 0 Å². The van der Waals surface area contributed by atoms with Crippen molar-refractivity contribution in [3.63, 3.8) is 0 Å². The molecule has 2 aromatic carbocycles. The lowest BCUT2D eigenvalue weighted by Gasteiger charge is -2.23. The molecule has 4 nitrogen and oxygen atoms in total. The van der Waals surface area contributed by atoms with Gasteiger partial charge in [-0.15, -0.1) is 0 Å². The lowest BCUT2D eigenvalue weighted by molar-refractivity contribution is -0.140. The van der Waals surface area contributed by atoms with E-state index >= 15 is 0 Å². The van der Waals surface area contributed by atoms with Crippen molar-refractivity contribution in [2.75, 3.05) is 25.0 Å². The molecule has 0 bridgehead atoms. The molecule has 0 spiro atoms. The van der Waals surface area contributed by atoms with Crippen LogP contribution in [0.2, 0.25) is 0 Å². The van der Waals surface area contributed by atoms with E-state index in [9.17, 15) is 18.0 Å². The Morgan fingerprint density at radius 1 is 1.14 bits per heavy atom. The summed E-state index contributed by atoms with van der Waals surface area (Å²) < 4.78 is 37.4. The largest absolute Gasteiger partial charge is 0.406 e. The minimum atomic E-state index is -4.52. The molecule has 0 unspecified atom stereocenters. The van der Waals surface area contributed by atoms with E-state index in [0.717, 1.165) is 10.8 Å². The van der Waals surface area contributed by atoms with E-state index in [0.29, 0.717) is 10.6 Å². The molecule has 0 aromatic heterocycles. The number of alkyl halides is 3. The van der Waals surface area contributed by atoms with Crippen LogP contribution in [0.1, 0.15) is 0 Å². The molecule has 0 aliphatic carbocycles. The first kappa shape index (κ1) is 16.1. The van der Waals surface area contributed by atoms with Crippen LogP contribution in [0.5, 0.6) is 0 Å². The first-order valence-electron chi connectivity index (χ1n) is 6.62. The number of halogens is 3. The minimum Gasteiger partial charge on any atom is -0.395 e. The third-order valence-electron chi connectivity index (χ3n) is 3.06. The highest BCUT2D eigenvalue weighted by Crippen LogP contribution is 2.24. The summed E-state index contributed by atoms with van der Waals surface area (Å²) in [5.74, 6) is 0. The van der Waals surface area contributed by atoms with Gasteiger partial charge in [0.2, 0.25) is 0 Å². The average Bonchev–Trinajstić information content (AvgIpc) is 2.46. The van der Waals surface area contributed by atoms with Crippen LogP contribution in [0, 0.1) is 0 Å². The van der Waals surface area contributed by atoms with E-state index in [-0.39, 0.29) is 0 Å². The number of amides is 2. The first-order valence-corrected chi connectivity index (χ1v) is 6.62. The monoisotopic (exact) mass is 312 g/mol. The zero-order valence-corrected chi connectivity index (χ0v) is 11.6. The molecule has 0 radical (unpaired) electrons. The van der Waals surface area contributed by atoms with Crippen molar-refractivity contribution in [2.24, 2.45) is 0 Å². The maximum Gasteiger partial charge on any atom is 0.406 e. The van der Waals surface area contributed by atoms with Crippen LogP contribution in [0.3, 0.4) is 0 Å². The number of rotatable bonds is 4. The van der Waals surface area contributed by atoms with E-state index in [1.54, 1.807) is 24.3 Å². The Hall–Kier alpha value is -2.28. The molecule has 7 heteroatoms. The predicted octanol–water partition coefficient (Wildman–Crippen LogP) is 3.23. The van der Waals surface area contributed by atoms with Gasteiger partial charge in [-0.25, -0.2) is 4.79 Å². The molecule has 2 aromatic rings. The van der Waals surface area contributed by atoms with Gasteiger partial charge in [-0.3, -0.25) is 0 Å². The van der Waals surface area contributed by atoms with Crippen molar-refractivity contribution in [2.45, 2.75) is 6.18 Å². The van der Waals surface area contributed by atoms with Gasteiger partial charge in [-0.05, 0) is 11.5 Å². The molecule has 0 aliphatic heterocycles. The van der Waals surface area contributed by atoms with E-state index < -0.39 is 31.9 Å². The van der Waals surface area contributed by atoms with Gasteiger partial charge >= 0.3 is 12.2 Å². The van der Waals surface area contributed by atoms with Gasteiger partial charge in [0.25, 0.3) is 0 Å². The molecular formula is C15H15F3N2O2. The number of aliphatic hydroxyl groups excluding tert-OH is 1. The number of fused-ring (bicyclic) bond motifs is 1. The molecular weight excluding hydrogens is 297 g/mol. The minimum absolute atomic E-state index is 0.393. The van der Waals surface area contributed by atoms with Crippen LogP contribution in [-0.4, -0.2) is 41.9 Å². The van der Waals surface area contributed by atoms with Gasteiger partial charge < -0.3 is 15.3 Å². The van der Waals surface area contributed by atoms with Gasteiger partial charge in [0.15, 0.2) is 0 Å². The lowest BCUT2D eigenvalue weighted by atomic mass is 10.1. The number of hydrogen-bond donors (Lipinski definition) is 2. The standard InChI is InChI=1S/C15H15F3N2O2/c16-15(17,18)10-20(8-9-21)14(22)19-13-7-3-5-11-4-1-2-6-12(11)13/h1-7,21H,8-10H2,(H,19,22). The quantitative estimate of drug-likeness (QED) is 0.910. The Kier molecular flexibility index (Phi) is 4.87. The van der Waals surface area contributed by atoms with E-state index in [1.807, 2.05) is 18.2 Å². The molecule has 0 fully saturated rings. The van der Waals surface area contributed by atoms with Crippen molar-refractivity contribution >= 4 is 22.5 Å². The summed E-state index contributed by atoms with van der Waals surface area (Å²) in [6, 6.07) is 11.5. The molecule has 0 heterocycles. The fourth-order valence-corrected chi connectivity index (χ4v) is 2.12. The smallest absolute Gasteiger partial charge is 0.395 e. The molecule has 118 valence electrons. The zero-order valence-electron chi connectivity index (χ0n) is 11.6. The van der Waals surface area contributed by atoms with Crippen molar-refractivity contribution in [1.29, 1.82) is 0 Å². The predicted molar refractivity (Wildman–Crippen MR) is 77.7 cm³/mol. The number of urea groups is 1. The van der Waals surface area contributed by atoms with Gasteiger partial charge in [0.1, 0.15) is 6.54 Å². The second-order valence-corrected chi connectivity index (χ2v) is 4.72. The van der Waals surface area contributed by atoms with Gasteiger partial charge in [-0.1, -0.05) is 36.4 Å². The molecule has 2 amide bonds. The van der Waals surface area contributed by atoms with Gasteiger partial charge in [0.05, 0.1) is 12.3 Å². The normalized spacial score (nSPS) is 11.5. The molecule has 2 rings (SSSR count). The SMILES string of the molecule is O=C(Nc1cccc2ccccc12)N(CCO)CC(F)(F)F. The zero-order chi connectivity index (χ0) is 16.2. The highest BCUT2D eigenvalue weighted by atomic mass is 19.4. The number of nitrogens with zero attached hydrogens (tertiary/aromatic N) is 1. The Morgan fingerprint density at radius 2 is 1.82 bits per heavy atom. The van der Waals surface area contributed by atoms with Crippen molar-refractivity contribution in [1.82, 2.24) is 4.90 Å². The third kappa shape index (κ3) is 4.11. The number of aliphatic hydroxyl groups is 1. The fourth-order valence-electron chi connectivity index (χ4n) is 2.12. The summed E-state index contributed by atoms with van der Waals surface area (Å²) in [5, 5.41) is 12.9. The van der Waals surface area contributed by atoms with Crippen LogP contribution in [0.4, 0.5) is 23.7 Å². The van der Waals surface area contributed by atoms with Crippen LogP contribution in [0.15, 0.2) is 42.5 Å². The molecule has 0 aliphatic rings. The molecule has 0 atom stereocenters. The molecule has 0 saturated carbocycles. The lowest BCUT2D eigenvalue weighted by Crippen LogP contribution is -2.43. The van der Waals surface area contributed by atoms with Crippen LogP contribution < -0.4 is 5.32 Å². The third-order valence-corrected chi connectivity index (χ3v) is 3.06. The molecule has 2 N–H and O–H groups in total. The highest BCUT2D eigenvalue weighted by molar-refractivity contribution is 6.01. The highest BCUT2D eigenvalue weighted by Gasteiger charge is 2.32. The second kappa shape index (κ2) is 6.65. The first-order chi connectivity index (χ1) is 10.4. The fraction of sp³-hybridized carbons (Fsp3) is 0.267. The summed E-state index contributed by atoms with van der Waals surface area (Å²) >= 11 is 0. The number of nitrogens with one attached hydrogen (secondary N) is 1. The Balaban J connectivity index is 2.21. The topological polar surface area (TPSA) is 52.6 Å². The van der Waals surface area contributed by atoms with Crippen LogP contribution >= 0.6 is 0 Å². The average molecular weight is 312 g/mol.